The monoisotopic (exact) mass is 377 g/mol. The first-order valence-electron chi connectivity index (χ1n) is 9.55. The van der Waals surface area contributed by atoms with Crippen LogP contribution in [0.25, 0.3) is 0 Å². The van der Waals surface area contributed by atoms with E-state index in [9.17, 15) is 4.79 Å². The van der Waals surface area contributed by atoms with Crippen molar-refractivity contribution in [3.05, 3.63) is 35.9 Å². The summed E-state index contributed by atoms with van der Waals surface area (Å²) < 4.78 is 6.78. The number of hydrogen-bond acceptors (Lipinski definition) is 3. The molecule has 1 heterocycles. The Hall–Kier alpha value is -1.37. The Bertz CT molecular complexity index is 599. The van der Waals surface area contributed by atoms with Gasteiger partial charge in [-0.05, 0) is 44.0 Å². The normalized spacial score (nSPS) is 22.7. The summed E-state index contributed by atoms with van der Waals surface area (Å²) >= 11 is 0. The summed E-state index contributed by atoms with van der Waals surface area (Å²) in [5.41, 5.74) is 4.18. The molecule has 146 valence electrons. The van der Waals surface area contributed by atoms with Crippen LogP contribution in [0, 0.1) is 0 Å². The Morgan fingerprint density at radius 1 is 1.23 bits per heavy atom. The van der Waals surface area contributed by atoms with Gasteiger partial charge in [-0.2, -0.15) is 0 Å². The fourth-order valence-corrected chi connectivity index (χ4v) is 4.21. The van der Waals surface area contributed by atoms with E-state index in [4.69, 9.17) is 4.43 Å². The van der Waals surface area contributed by atoms with E-state index in [1.165, 1.54) is 5.56 Å². The number of nitrogens with zero attached hydrogens (tertiary/aromatic N) is 1. The first-order chi connectivity index (χ1) is 12.0. The van der Waals surface area contributed by atoms with Crippen LogP contribution in [0.4, 0.5) is 4.79 Å². The second kappa shape index (κ2) is 8.11. The summed E-state index contributed by atoms with van der Waals surface area (Å²) in [5.74, 6) is 0. The third-order valence-corrected chi connectivity index (χ3v) is 10.1. The Morgan fingerprint density at radius 2 is 1.85 bits per heavy atom. The van der Waals surface area contributed by atoms with Gasteiger partial charge in [0.25, 0.3) is 0 Å². The number of urea groups is 1. The molecule has 0 aliphatic carbocycles. The van der Waals surface area contributed by atoms with E-state index in [0.29, 0.717) is 6.54 Å². The molecule has 0 radical (unpaired) electrons. The highest BCUT2D eigenvalue weighted by molar-refractivity contribution is 6.74. The molecule has 2 rings (SSSR count). The van der Waals surface area contributed by atoms with Gasteiger partial charge in [-0.15, -0.1) is 0 Å². The molecule has 1 aliphatic heterocycles. The maximum absolute atomic E-state index is 12.4. The van der Waals surface area contributed by atoms with E-state index >= 15 is 0 Å². The van der Waals surface area contributed by atoms with Crippen molar-refractivity contribution in [2.75, 3.05) is 6.54 Å². The number of hydrazine groups is 1. The molecule has 5 nitrogen and oxygen atoms in total. The summed E-state index contributed by atoms with van der Waals surface area (Å²) in [6.07, 6.45) is 0.705. The molecular formula is C20H35N3O2Si. The predicted octanol–water partition coefficient (Wildman–Crippen LogP) is 3.93. The minimum Gasteiger partial charge on any atom is -0.410 e. The van der Waals surface area contributed by atoms with E-state index in [0.717, 1.165) is 6.42 Å². The summed E-state index contributed by atoms with van der Waals surface area (Å²) in [6, 6.07) is 10.3. The zero-order valence-electron chi connectivity index (χ0n) is 17.3. The predicted molar refractivity (Wildman–Crippen MR) is 110 cm³/mol. The van der Waals surface area contributed by atoms with Crippen molar-refractivity contribution in [3.63, 3.8) is 0 Å². The maximum Gasteiger partial charge on any atom is 0.329 e. The third kappa shape index (κ3) is 5.31. The Labute approximate surface area is 159 Å². The highest BCUT2D eigenvalue weighted by Crippen LogP contribution is 2.38. The van der Waals surface area contributed by atoms with Gasteiger partial charge >= 0.3 is 6.03 Å². The Kier molecular flexibility index (Phi) is 6.53. The third-order valence-electron chi connectivity index (χ3n) is 5.56. The van der Waals surface area contributed by atoms with Gasteiger partial charge in [0.15, 0.2) is 8.32 Å². The molecule has 1 aromatic carbocycles. The van der Waals surface area contributed by atoms with Gasteiger partial charge in [-0.25, -0.2) is 9.80 Å². The Morgan fingerprint density at radius 3 is 2.38 bits per heavy atom. The smallest absolute Gasteiger partial charge is 0.329 e. The molecule has 6 heteroatoms. The van der Waals surface area contributed by atoms with Crippen molar-refractivity contribution < 1.29 is 9.22 Å². The highest BCUT2D eigenvalue weighted by atomic mass is 28.4. The second-order valence-corrected chi connectivity index (χ2v) is 13.8. The average molecular weight is 378 g/mol. The van der Waals surface area contributed by atoms with Crippen molar-refractivity contribution in [1.82, 2.24) is 15.8 Å². The molecule has 2 N–H and O–H groups in total. The molecule has 0 spiro atoms. The SMILES string of the molecule is CC(C)N1CC(O[Si](C)(C)C(C)(C)C)[C@H](Cc2ccccc2)NC(=O)N1. The number of nitrogens with one attached hydrogen (secondary N) is 2. The highest BCUT2D eigenvalue weighted by Gasteiger charge is 2.42. The van der Waals surface area contributed by atoms with E-state index in [2.05, 4.69) is 70.6 Å². The topological polar surface area (TPSA) is 53.6 Å². The van der Waals surface area contributed by atoms with Crippen molar-refractivity contribution in [1.29, 1.82) is 0 Å². The van der Waals surface area contributed by atoms with Crippen LogP contribution < -0.4 is 10.7 Å². The molecule has 1 unspecified atom stereocenters. The second-order valence-electron chi connectivity index (χ2n) is 9.04. The molecule has 1 aromatic rings. The summed E-state index contributed by atoms with van der Waals surface area (Å²) in [5, 5.41) is 5.25. The van der Waals surface area contributed by atoms with Crippen molar-refractivity contribution in [3.8, 4) is 0 Å². The number of hydrogen-bond donors (Lipinski definition) is 2. The summed E-state index contributed by atoms with van der Waals surface area (Å²) in [6.45, 7) is 16.1. The maximum atomic E-state index is 12.4. The van der Waals surface area contributed by atoms with Gasteiger partial charge in [-0.3, -0.25) is 5.43 Å². The van der Waals surface area contributed by atoms with E-state index in [1.54, 1.807) is 0 Å². The molecule has 26 heavy (non-hydrogen) atoms. The summed E-state index contributed by atoms with van der Waals surface area (Å²) in [7, 11) is -1.97. The van der Waals surface area contributed by atoms with Crippen LogP contribution in [0.5, 0.6) is 0 Å². The van der Waals surface area contributed by atoms with E-state index in [1.807, 2.05) is 23.2 Å². The van der Waals surface area contributed by atoms with Gasteiger partial charge in [-0.1, -0.05) is 51.1 Å². The van der Waals surface area contributed by atoms with Gasteiger partial charge in [0.2, 0.25) is 0 Å². The van der Waals surface area contributed by atoms with Crippen LogP contribution >= 0.6 is 0 Å². The van der Waals surface area contributed by atoms with Gasteiger partial charge < -0.3 is 9.74 Å². The van der Waals surface area contributed by atoms with Crippen LogP contribution in [-0.4, -0.2) is 44.1 Å². The summed E-state index contributed by atoms with van der Waals surface area (Å²) in [4.78, 5) is 12.4. The molecule has 1 fully saturated rings. The molecule has 0 saturated carbocycles. The first kappa shape index (κ1) is 20.9. The lowest BCUT2D eigenvalue weighted by Gasteiger charge is -2.41. The van der Waals surface area contributed by atoms with Crippen molar-refractivity contribution in [2.24, 2.45) is 0 Å². The number of benzene rings is 1. The van der Waals surface area contributed by atoms with E-state index < -0.39 is 8.32 Å². The fraction of sp³-hybridized carbons (Fsp3) is 0.650. The fourth-order valence-electron chi connectivity index (χ4n) is 2.86. The zero-order chi connectivity index (χ0) is 19.5. The zero-order valence-corrected chi connectivity index (χ0v) is 18.3. The quantitative estimate of drug-likeness (QED) is 0.765. The Balaban J connectivity index is 2.29. The largest absolute Gasteiger partial charge is 0.410 e. The van der Waals surface area contributed by atoms with Crippen molar-refractivity contribution in [2.45, 2.75) is 77.4 Å². The average Bonchev–Trinajstić information content (AvgIpc) is 2.66. The number of rotatable bonds is 5. The van der Waals surface area contributed by atoms with Crippen molar-refractivity contribution >= 4 is 14.3 Å². The number of amides is 2. The lowest BCUT2D eigenvalue weighted by molar-refractivity contribution is 0.0751. The lowest BCUT2D eigenvalue weighted by atomic mass is 10.0. The number of carbonyl (C=O) groups is 1. The molecule has 1 aliphatic rings. The van der Waals surface area contributed by atoms with Crippen LogP contribution in [0.3, 0.4) is 0 Å². The standard InChI is InChI=1S/C20H35N3O2Si/c1-15(2)23-14-18(25-26(6,7)20(3,4)5)17(21-19(24)22-23)13-16-11-9-8-10-12-16/h8-12,15,17-18H,13-14H2,1-7H3,(H2,21,22,24)/t17-,18?/m0/s1. The molecule has 1 saturated heterocycles. The van der Waals surface area contributed by atoms with Gasteiger partial charge in [0, 0.05) is 12.6 Å². The van der Waals surface area contributed by atoms with Crippen LogP contribution in [0.1, 0.15) is 40.2 Å². The molecule has 0 aromatic heterocycles. The molecule has 2 amide bonds. The molecule has 2 atom stereocenters. The minimum absolute atomic E-state index is 0.0579. The van der Waals surface area contributed by atoms with Crippen LogP contribution in [-0.2, 0) is 10.8 Å². The van der Waals surface area contributed by atoms with Crippen LogP contribution in [0.2, 0.25) is 18.1 Å². The lowest BCUT2D eigenvalue weighted by Crippen LogP contribution is -2.53. The van der Waals surface area contributed by atoms with Crippen LogP contribution in [0.15, 0.2) is 30.3 Å². The first-order valence-corrected chi connectivity index (χ1v) is 12.5. The number of carbonyl (C=O) groups excluding carboxylic acids is 1. The van der Waals surface area contributed by atoms with Gasteiger partial charge in [0.05, 0.1) is 12.1 Å². The molecule has 0 bridgehead atoms. The minimum atomic E-state index is -1.97. The van der Waals surface area contributed by atoms with Gasteiger partial charge in [0.1, 0.15) is 0 Å². The van der Waals surface area contributed by atoms with E-state index in [-0.39, 0.29) is 29.3 Å². The molecular weight excluding hydrogens is 342 g/mol.